The number of esters is 3. The van der Waals surface area contributed by atoms with Crippen LogP contribution in [0.2, 0.25) is 0 Å². The molecule has 1 aliphatic rings. The van der Waals surface area contributed by atoms with Crippen molar-refractivity contribution < 1.29 is 46.5 Å². The Morgan fingerprint density at radius 1 is 0.655 bits per heavy atom. The Morgan fingerprint density at radius 3 is 1.80 bits per heavy atom. The molecule has 1 fully saturated rings. The summed E-state index contributed by atoms with van der Waals surface area (Å²) in [5.41, 5.74) is 1.99. The van der Waals surface area contributed by atoms with E-state index in [4.69, 9.17) is 23.7 Å². The third-order valence-electron chi connectivity index (χ3n) is 9.12. The molecule has 280 valence electrons. The predicted octanol–water partition coefficient (Wildman–Crippen LogP) is 6.98. The molecule has 12 heteroatoms. The number of carbonyl (C=O) groups excluding carboxylic acids is 3. The molecule has 5 aromatic carbocycles. The van der Waals surface area contributed by atoms with E-state index in [1.165, 1.54) is 12.1 Å². The van der Waals surface area contributed by atoms with E-state index in [1.807, 2.05) is 12.1 Å². The van der Waals surface area contributed by atoms with Crippen LogP contribution in [0.1, 0.15) is 43.1 Å². The zero-order valence-corrected chi connectivity index (χ0v) is 30.3. The molecule has 1 aliphatic heterocycles. The summed E-state index contributed by atoms with van der Waals surface area (Å²) in [5.74, 6) is -1.95. The second kappa shape index (κ2) is 16.9. The van der Waals surface area contributed by atoms with Crippen molar-refractivity contribution in [2.24, 2.45) is 0 Å². The normalized spacial score (nSPS) is 18.3. The lowest BCUT2D eigenvalue weighted by atomic mass is 10.0. The molecule has 55 heavy (non-hydrogen) atoms. The summed E-state index contributed by atoms with van der Waals surface area (Å²) >= 11 is 0. The minimum atomic E-state index is -3.96. The molecule has 0 amide bonds. The lowest BCUT2D eigenvalue weighted by Gasteiger charge is -2.40. The van der Waals surface area contributed by atoms with Crippen LogP contribution < -0.4 is 0 Å². The van der Waals surface area contributed by atoms with E-state index in [0.29, 0.717) is 22.0 Å². The molecule has 1 N–H and O–H groups in total. The van der Waals surface area contributed by atoms with E-state index >= 15 is 0 Å². The Morgan fingerprint density at radius 2 is 1.18 bits per heavy atom. The zero-order valence-electron chi connectivity index (χ0n) is 29.5. The summed E-state index contributed by atoms with van der Waals surface area (Å²) in [4.78, 5) is 43.0. The minimum absolute atomic E-state index is 0.00481. The lowest BCUT2D eigenvalue weighted by Crippen LogP contribution is -2.54. The van der Waals surface area contributed by atoms with Gasteiger partial charge in [0.15, 0.2) is 12.4 Å². The van der Waals surface area contributed by atoms with Gasteiger partial charge in [0.05, 0.1) is 34.3 Å². The van der Waals surface area contributed by atoms with Crippen LogP contribution in [0.5, 0.6) is 0 Å². The highest BCUT2D eigenvalue weighted by molar-refractivity contribution is 7.91. The SMILES string of the molecule is O=C(OC[C@@H]1C[C@H](OC(=O)c2ccccc2)[C@@H](OC(=O)c2ccccc2)[C@@H](OCCc2c(S(=O)(=O)c3ccccc3)[nH]c3ccccc23)O1)c1ccccc1. The quantitative estimate of drug-likeness (QED) is 0.0966. The summed E-state index contributed by atoms with van der Waals surface area (Å²) in [5, 5.41) is 0.720. The third kappa shape index (κ3) is 8.68. The predicted molar refractivity (Wildman–Crippen MR) is 201 cm³/mol. The van der Waals surface area contributed by atoms with Gasteiger partial charge in [-0.3, -0.25) is 0 Å². The van der Waals surface area contributed by atoms with Crippen LogP contribution in [0.25, 0.3) is 10.9 Å². The van der Waals surface area contributed by atoms with Crippen molar-refractivity contribution in [2.45, 2.75) is 47.4 Å². The number of H-pyrrole nitrogens is 1. The third-order valence-corrected chi connectivity index (χ3v) is 10.9. The van der Waals surface area contributed by atoms with Crippen LogP contribution in [-0.2, 0) is 39.9 Å². The maximum absolute atomic E-state index is 13.9. The summed E-state index contributed by atoms with van der Waals surface area (Å²) in [6, 6.07) is 40.5. The molecule has 0 unspecified atom stereocenters. The Labute approximate surface area is 317 Å². The number of hydrogen-bond donors (Lipinski definition) is 1. The van der Waals surface area contributed by atoms with Crippen LogP contribution in [-0.4, -0.2) is 69.1 Å². The number of benzene rings is 5. The molecule has 0 radical (unpaired) electrons. The van der Waals surface area contributed by atoms with Gasteiger partial charge in [0.1, 0.15) is 17.7 Å². The number of carbonyl (C=O) groups is 3. The number of hydrogen-bond acceptors (Lipinski definition) is 10. The highest BCUT2D eigenvalue weighted by Gasteiger charge is 2.45. The van der Waals surface area contributed by atoms with Gasteiger partial charge in [0, 0.05) is 17.3 Å². The largest absolute Gasteiger partial charge is 0.459 e. The maximum atomic E-state index is 13.9. The topological polar surface area (TPSA) is 147 Å². The number of sulfone groups is 1. The molecule has 1 saturated heterocycles. The van der Waals surface area contributed by atoms with Crippen LogP contribution in [0, 0.1) is 0 Å². The molecular formula is C43H37NO10S. The molecule has 0 spiro atoms. The van der Waals surface area contributed by atoms with Gasteiger partial charge in [0.2, 0.25) is 9.84 Å². The Bertz CT molecular complexity index is 2350. The molecule has 0 bridgehead atoms. The smallest absolute Gasteiger partial charge is 0.338 e. The first-order valence-corrected chi connectivity index (χ1v) is 19.2. The number of nitrogens with one attached hydrogen (secondary N) is 1. The lowest BCUT2D eigenvalue weighted by molar-refractivity contribution is -0.269. The first-order valence-electron chi connectivity index (χ1n) is 17.7. The van der Waals surface area contributed by atoms with Crippen LogP contribution in [0.3, 0.4) is 0 Å². The van der Waals surface area contributed by atoms with Crippen molar-refractivity contribution >= 4 is 38.6 Å². The van der Waals surface area contributed by atoms with Crippen LogP contribution >= 0.6 is 0 Å². The Hall–Kier alpha value is -6.08. The van der Waals surface area contributed by atoms with Crippen molar-refractivity contribution in [3.8, 4) is 0 Å². The van der Waals surface area contributed by atoms with Gasteiger partial charge in [-0.05, 0) is 66.6 Å². The van der Waals surface area contributed by atoms with E-state index in [0.717, 1.165) is 0 Å². The maximum Gasteiger partial charge on any atom is 0.338 e. The Kier molecular flexibility index (Phi) is 11.5. The van der Waals surface area contributed by atoms with Crippen LogP contribution in [0.4, 0.5) is 0 Å². The van der Waals surface area contributed by atoms with Gasteiger partial charge in [-0.1, -0.05) is 91.0 Å². The van der Waals surface area contributed by atoms with Crippen molar-refractivity contribution in [1.82, 2.24) is 4.98 Å². The zero-order chi connectivity index (χ0) is 38.2. The van der Waals surface area contributed by atoms with E-state index in [-0.39, 0.29) is 47.1 Å². The molecule has 4 atom stereocenters. The summed E-state index contributed by atoms with van der Waals surface area (Å²) in [6.07, 6.45) is -4.43. The standard InChI is InChI=1S/C43H37NO10S/c45-40(29-15-5-1-6-16-29)51-28-32-27-37(53-41(46)30-17-7-2-8-18-30)38(54-42(47)31-19-9-3-10-20-31)43(52-32)50-26-25-35-34-23-13-14-24-36(34)44-39(35)55(48,49)33-21-11-4-12-22-33/h1-24,32,37-38,43-44H,25-28H2/t32-,37-,38+,43-/m0/s1. The number of fused-ring (bicyclic) bond motifs is 1. The fraction of sp³-hybridized carbons (Fsp3) is 0.186. The van der Waals surface area contributed by atoms with E-state index in [9.17, 15) is 22.8 Å². The highest BCUT2D eigenvalue weighted by Crippen LogP contribution is 2.32. The monoisotopic (exact) mass is 759 g/mol. The molecule has 0 saturated carbocycles. The molecule has 1 aromatic heterocycles. The van der Waals surface area contributed by atoms with Crippen molar-refractivity contribution in [1.29, 1.82) is 0 Å². The number of rotatable bonds is 13. The molecule has 2 heterocycles. The highest BCUT2D eigenvalue weighted by atomic mass is 32.2. The van der Waals surface area contributed by atoms with E-state index in [1.54, 1.807) is 121 Å². The fourth-order valence-corrected chi connectivity index (χ4v) is 7.93. The average molecular weight is 760 g/mol. The first-order chi connectivity index (χ1) is 26.8. The number of para-hydroxylation sites is 1. The molecule has 7 rings (SSSR count). The van der Waals surface area contributed by atoms with Gasteiger partial charge in [0.25, 0.3) is 0 Å². The summed E-state index contributed by atoms with van der Waals surface area (Å²) in [6.45, 7) is -0.326. The summed E-state index contributed by atoms with van der Waals surface area (Å²) < 4.78 is 58.0. The average Bonchev–Trinajstić information content (AvgIpc) is 3.61. The van der Waals surface area contributed by atoms with Gasteiger partial charge < -0.3 is 28.7 Å². The molecular weight excluding hydrogens is 723 g/mol. The molecule has 11 nitrogen and oxygen atoms in total. The van der Waals surface area contributed by atoms with Gasteiger partial charge in [-0.15, -0.1) is 0 Å². The minimum Gasteiger partial charge on any atom is -0.459 e. The second-order valence-electron chi connectivity index (χ2n) is 12.8. The van der Waals surface area contributed by atoms with E-state index in [2.05, 4.69) is 4.98 Å². The van der Waals surface area contributed by atoms with Crippen molar-refractivity contribution in [2.75, 3.05) is 13.2 Å². The summed E-state index contributed by atoms with van der Waals surface area (Å²) in [7, 11) is -3.96. The molecule has 6 aromatic rings. The van der Waals surface area contributed by atoms with Crippen molar-refractivity contribution in [3.05, 3.63) is 168 Å². The first kappa shape index (κ1) is 37.2. The van der Waals surface area contributed by atoms with Gasteiger partial charge in [-0.25, -0.2) is 22.8 Å². The number of ether oxygens (including phenoxy) is 5. The fourth-order valence-electron chi connectivity index (χ4n) is 6.40. The molecule has 0 aliphatic carbocycles. The Balaban J connectivity index is 1.18. The second-order valence-corrected chi connectivity index (χ2v) is 14.7. The number of aromatic amines is 1. The number of aromatic nitrogens is 1. The van der Waals surface area contributed by atoms with Crippen LogP contribution in [0.15, 0.2) is 156 Å². The van der Waals surface area contributed by atoms with Gasteiger partial charge in [-0.2, -0.15) is 0 Å². The van der Waals surface area contributed by atoms with Crippen molar-refractivity contribution in [3.63, 3.8) is 0 Å². The van der Waals surface area contributed by atoms with E-state index < -0.39 is 52.3 Å². The van der Waals surface area contributed by atoms with Gasteiger partial charge >= 0.3 is 17.9 Å².